The van der Waals surface area contributed by atoms with Crippen molar-refractivity contribution in [3.63, 3.8) is 0 Å². The number of nitrogens with zero attached hydrogens (tertiary/aromatic N) is 2. The van der Waals surface area contributed by atoms with Crippen LogP contribution in [0.4, 0.5) is 10.1 Å². The molecule has 23 heavy (non-hydrogen) atoms. The van der Waals surface area contributed by atoms with Crippen molar-refractivity contribution < 1.29 is 18.7 Å². The third kappa shape index (κ3) is 3.72. The Hall–Kier alpha value is -2.74. The number of esters is 1. The molecule has 3 rings (SSSR count). The number of carbonyl (C=O) groups is 2. The molecule has 6 nitrogen and oxygen atoms in total. The van der Waals surface area contributed by atoms with Crippen molar-refractivity contribution in [3.8, 4) is 0 Å². The van der Waals surface area contributed by atoms with E-state index in [0.717, 1.165) is 4.96 Å². The van der Waals surface area contributed by atoms with Crippen molar-refractivity contribution in [2.75, 3.05) is 11.9 Å². The van der Waals surface area contributed by atoms with Gasteiger partial charge in [0.1, 0.15) is 5.82 Å². The van der Waals surface area contributed by atoms with E-state index in [1.807, 2.05) is 11.6 Å². The number of halogens is 1. The number of thiazole rings is 1. The van der Waals surface area contributed by atoms with E-state index in [9.17, 15) is 14.0 Å². The standard InChI is InChI=1S/C15H12FN3O3S/c16-11-3-1-2-4-12(11)18-13(20)9-22-14(21)7-10-8-19-5-6-23-15(19)17-10/h1-6,8H,7,9H2,(H,18,20). The maximum absolute atomic E-state index is 13.4. The zero-order valence-electron chi connectivity index (χ0n) is 11.9. The molecule has 0 atom stereocenters. The zero-order chi connectivity index (χ0) is 16.2. The van der Waals surface area contributed by atoms with E-state index >= 15 is 0 Å². The normalized spacial score (nSPS) is 10.7. The van der Waals surface area contributed by atoms with Crippen molar-refractivity contribution >= 4 is 33.9 Å². The maximum atomic E-state index is 13.4. The molecule has 118 valence electrons. The summed E-state index contributed by atoms with van der Waals surface area (Å²) in [5, 5.41) is 4.22. The van der Waals surface area contributed by atoms with Crippen LogP contribution in [0.3, 0.4) is 0 Å². The molecular formula is C15H12FN3O3S. The third-order valence-corrected chi connectivity index (χ3v) is 3.75. The first kappa shape index (κ1) is 15.2. The summed E-state index contributed by atoms with van der Waals surface area (Å²) < 4.78 is 20.1. The van der Waals surface area contributed by atoms with Crippen LogP contribution in [0.2, 0.25) is 0 Å². The molecule has 0 unspecified atom stereocenters. The molecule has 1 N–H and O–H groups in total. The van der Waals surface area contributed by atoms with Crippen LogP contribution in [0.5, 0.6) is 0 Å². The highest BCUT2D eigenvalue weighted by Gasteiger charge is 2.12. The molecule has 0 fully saturated rings. The van der Waals surface area contributed by atoms with Crippen molar-refractivity contribution in [1.29, 1.82) is 0 Å². The first-order valence-electron chi connectivity index (χ1n) is 6.73. The highest BCUT2D eigenvalue weighted by molar-refractivity contribution is 7.15. The van der Waals surface area contributed by atoms with Gasteiger partial charge in [-0.2, -0.15) is 0 Å². The molecule has 2 aromatic heterocycles. The van der Waals surface area contributed by atoms with Gasteiger partial charge >= 0.3 is 5.97 Å². The average molecular weight is 333 g/mol. The molecular weight excluding hydrogens is 321 g/mol. The number of hydrogen-bond acceptors (Lipinski definition) is 5. The minimum absolute atomic E-state index is 0.0264. The lowest BCUT2D eigenvalue weighted by Crippen LogP contribution is -2.22. The van der Waals surface area contributed by atoms with E-state index in [2.05, 4.69) is 10.3 Å². The number of ether oxygens (including phenoxy) is 1. The largest absolute Gasteiger partial charge is 0.455 e. The highest BCUT2D eigenvalue weighted by Crippen LogP contribution is 2.13. The number of aromatic nitrogens is 2. The van der Waals surface area contributed by atoms with Crippen LogP contribution >= 0.6 is 11.3 Å². The fraction of sp³-hybridized carbons (Fsp3) is 0.133. The summed E-state index contributed by atoms with van der Waals surface area (Å²) >= 11 is 1.46. The molecule has 0 aliphatic heterocycles. The summed E-state index contributed by atoms with van der Waals surface area (Å²) in [6.07, 6.45) is 3.54. The van der Waals surface area contributed by atoms with Crippen LogP contribution in [0.15, 0.2) is 42.0 Å². The number of amides is 1. The molecule has 0 bridgehead atoms. The number of hydrogen-bond donors (Lipinski definition) is 1. The summed E-state index contributed by atoms with van der Waals surface area (Å²) in [4.78, 5) is 28.4. The number of carbonyl (C=O) groups excluding carboxylic acids is 2. The third-order valence-electron chi connectivity index (χ3n) is 2.98. The van der Waals surface area contributed by atoms with Gasteiger partial charge in [-0.05, 0) is 12.1 Å². The first-order chi connectivity index (χ1) is 11.1. The van der Waals surface area contributed by atoms with Gasteiger partial charge in [-0.25, -0.2) is 9.37 Å². The van der Waals surface area contributed by atoms with Gasteiger partial charge in [0.2, 0.25) is 0 Å². The minimum Gasteiger partial charge on any atom is -0.455 e. The van der Waals surface area contributed by atoms with E-state index in [1.165, 1.54) is 29.5 Å². The number of rotatable bonds is 5. The number of fused-ring (bicyclic) bond motifs is 1. The second kappa shape index (κ2) is 6.57. The molecule has 0 aliphatic rings. The predicted octanol–water partition coefficient (Wildman–Crippen LogP) is 2.26. The smallest absolute Gasteiger partial charge is 0.312 e. The lowest BCUT2D eigenvalue weighted by molar-refractivity contribution is -0.146. The molecule has 0 spiro atoms. The number of imidazole rings is 1. The van der Waals surface area contributed by atoms with Crippen molar-refractivity contribution in [2.24, 2.45) is 0 Å². The molecule has 8 heteroatoms. The monoisotopic (exact) mass is 333 g/mol. The molecule has 1 amide bonds. The van der Waals surface area contributed by atoms with Crippen LogP contribution in [0.1, 0.15) is 5.69 Å². The van der Waals surface area contributed by atoms with Crippen LogP contribution < -0.4 is 5.32 Å². The Balaban J connectivity index is 1.49. The molecule has 3 aromatic rings. The number of benzene rings is 1. The van der Waals surface area contributed by atoms with Gasteiger partial charge < -0.3 is 10.1 Å². The van der Waals surface area contributed by atoms with E-state index in [1.54, 1.807) is 16.7 Å². The first-order valence-corrected chi connectivity index (χ1v) is 7.61. The molecule has 0 aliphatic carbocycles. The van der Waals surface area contributed by atoms with Gasteiger partial charge in [-0.3, -0.25) is 14.0 Å². The van der Waals surface area contributed by atoms with E-state index in [-0.39, 0.29) is 12.1 Å². The second-order valence-electron chi connectivity index (χ2n) is 4.69. The van der Waals surface area contributed by atoms with Gasteiger partial charge in [0.25, 0.3) is 5.91 Å². The van der Waals surface area contributed by atoms with Crippen molar-refractivity contribution in [2.45, 2.75) is 6.42 Å². The van der Waals surface area contributed by atoms with Crippen LogP contribution in [0, 0.1) is 5.82 Å². The second-order valence-corrected chi connectivity index (χ2v) is 5.56. The van der Waals surface area contributed by atoms with Gasteiger partial charge in [0.05, 0.1) is 17.8 Å². The summed E-state index contributed by atoms with van der Waals surface area (Å²) in [6, 6.07) is 5.76. The Labute approximate surface area is 134 Å². The Morgan fingerprint density at radius 1 is 1.35 bits per heavy atom. The molecule has 0 radical (unpaired) electrons. The van der Waals surface area contributed by atoms with E-state index in [0.29, 0.717) is 5.69 Å². The number of para-hydroxylation sites is 1. The van der Waals surface area contributed by atoms with Crippen molar-refractivity contribution in [1.82, 2.24) is 9.38 Å². The lowest BCUT2D eigenvalue weighted by atomic mass is 10.3. The molecule has 0 saturated heterocycles. The summed E-state index contributed by atoms with van der Waals surface area (Å²) in [5.41, 5.74) is 0.610. The summed E-state index contributed by atoms with van der Waals surface area (Å²) in [6.45, 7) is -0.477. The molecule has 0 saturated carbocycles. The predicted molar refractivity (Wildman–Crippen MR) is 82.8 cm³/mol. The summed E-state index contributed by atoms with van der Waals surface area (Å²) in [7, 11) is 0. The van der Waals surface area contributed by atoms with Gasteiger partial charge in [0, 0.05) is 17.8 Å². The van der Waals surface area contributed by atoms with Gasteiger partial charge in [-0.15, -0.1) is 11.3 Å². The molecule has 2 heterocycles. The van der Waals surface area contributed by atoms with Crippen molar-refractivity contribution in [3.05, 3.63) is 53.6 Å². The lowest BCUT2D eigenvalue weighted by Gasteiger charge is -2.06. The van der Waals surface area contributed by atoms with Crippen LogP contribution in [0.25, 0.3) is 4.96 Å². The number of anilines is 1. The maximum Gasteiger partial charge on any atom is 0.312 e. The quantitative estimate of drug-likeness (QED) is 0.727. The van der Waals surface area contributed by atoms with Crippen LogP contribution in [-0.2, 0) is 20.7 Å². The summed E-state index contributed by atoms with van der Waals surface area (Å²) in [5.74, 6) is -1.72. The minimum atomic E-state index is -0.603. The van der Waals surface area contributed by atoms with Gasteiger partial charge in [-0.1, -0.05) is 12.1 Å². The topological polar surface area (TPSA) is 72.7 Å². The van der Waals surface area contributed by atoms with E-state index in [4.69, 9.17) is 4.74 Å². The van der Waals surface area contributed by atoms with E-state index < -0.39 is 24.3 Å². The fourth-order valence-electron chi connectivity index (χ4n) is 1.96. The molecule has 1 aromatic carbocycles. The Bertz CT molecular complexity index is 830. The highest BCUT2D eigenvalue weighted by atomic mass is 32.1. The fourth-order valence-corrected chi connectivity index (χ4v) is 2.67. The average Bonchev–Trinajstić information content (AvgIpc) is 3.09. The van der Waals surface area contributed by atoms with Crippen LogP contribution in [-0.4, -0.2) is 27.9 Å². The number of nitrogens with one attached hydrogen (secondary N) is 1. The van der Waals surface area contributed by atoms with Gasteiger partial charge in [0.15, 0.2) is 11.6 Å². The zero-order valence-corrected chi connectivity index (χ0v) is 12.7. The Morgan fingerprint density at radius 3 is 2.96 bits per heavy atom. The Kier molecular flexibility index (Phi) is 4.33. The Morgan fingerprint density at radius 2 is 2.17 bits per heavy atom. The SMILES string of the molecule is O=C(COC(=O)Cc1cn2ccsc2n1)Nc1ccccc1F.